The van der Waals surface area contributed by atoms with Gasteiger partial charge in [-0.05, 0) is 36.5 Å². The van der Waals surface area contributed by atoms with Gasteiger partial charge in [0.1, 0.15) is 12.4 Å². The van der Waals surface area contributed by atoms with Gasteiger partial charge in [0.25, 0.3) is 0 Å². The molecule has 1 aromatic carbocycles. The molecule has 1 N–H and O–H groups in total. The molecule has 0 aliphatic carbocycles. The Bertz CT molecular complexity index is 1020. The summed E-state index contributed by atoms with van der Waals surface area (Å²) in [5.74, 6) is 1.54. The van der Waals surface area contributed by atoms with Gasteiger partial charge in [0.2, 0.25) is 11.8 Å². The zero-order valence-electron chi connectivity index (χ0n) is 23.9. The number of carbonyl (C=O) groups is 2. The van der Waals surface area contributed by atoms with Crippen molar-refractivity contribution in [2.45, 2.75) is 19.4 Å². The van der Waals surface area contributed by atoms with Crippen molar-refractivity contribution in [2.24, 2.45) is 11.8 Å². The molecular weight excluding hydrogens is 510 g/mol. The fourth-order valence-electron chi connectivity index (χ4n) is 6.17. The second-order valence-electron chi connectivity index (χ2n) is 11.2. The second-order valence-corrected chi connectivity index (χ2v) is 11.2. The highest BCUT2D eigenvalue weighted by atomic mass is 16.5. The zero-order valence-corrected chi connectivity index (χ0v) is 23.9. The number of piperidine rings is 1. The summed E-state index contributed by atoms with van der Waals surface area (Å²) in [6, 6.07) is 6.31. The van der Waals surface area contributed by atoms with E-state index in [-0.39, 0.29) is 30.2 Å². The summed E-state index contributed by atoms with van der Waals surface area (Å²) in [5, 5.41) is 3.36. The highest BCUT2D eigenvalue weighted by Crippen LogP contribution is 2.30. The normalized spacial score (nSPS) is 25.7. The average Bonchev–Trinajstić information content (AvgIpc) is 3.00. The van der Waals surface area contributed by atoms with Crippen LogP contribution in [-0.2, 0) is 25.6 Å². The summed E-state index contributed by atoms with van der Waals surface area (Å²) < 4.78 is 16.9. The van der Waals surface area contributed by atoms with Crippen molar-refractivity contribution >= 4 is 17.5 Å². The molecule has 4 heterocycles. The predicted octanol–water partition coefficient (Wildman–Crippen LogP) is 1.21. The molecule has 10 nitrogen and oxygen atoms in total. The first-order chi connectivity index (χ1) is 19.6. The molecule has 0 spiro atoms. The summed E-state index contributed by atoms with van der Waals surface area (Å²) in [5.41, 5.74) is 2.20. The number of piperazine rings is 1. The molecule has 3 saturated heterocycles. The molecule has 2 bridgehead atoms. The van der Waals surface area contributed by atoms with Gasteiger partial charge in [-0.1, -0.05) is 12.2 Å². The van der Waals surface area contributed by atoms with E-state index in [1.807, 2.05) is 15.9 Å². The van der Waals surface area contributed by atoms with Gasteiger partial charge in [-0.25, -0.2) is 0 Å². The number of morpholine rings is 1. The van der Waals surface area contributed by atoms with Crippen LogP contribution in [0.3, 0.4) is 0 Å². The van der Waals surface area contributed by atoms with Gasteiger partial charge in [-0.15, -0.1) is 0 Å². The Labute approximate surface area is 238 Å². The number of anilines is 1. The number of fused-ring (bicyclic) bond motifs is 3. The van der Waals surface area contributed by atoms with Gasteiger partial charge >= 0.3 is 0 Å². The van der Waals surface area contributed by atoms with Crippen molar-refractivity contribution in [3.63, 3.8) is 0 Å². The maximum absolute atomic E-state index is 13.2. The minimum Gasteiger partial charge on any atom is -0.489 e. The summed E-state index contributed by atoms with van der Waals surface area (Å²) >= 11 is 0. The smallest absolute Gasteiger partial charge is 0.236 e. The minimum absolute atomic E-state index is 0.112. The molecule has 40 heavy (non-hydrogen) atoms. The van der Waals surface area contributed by atoms with Crippen LogP contribution in [0.25, 0.3) is 0 Å². The van der Waals surface area contributed by atoms with Gasteiger partial charge in [0, 0.05) is 90.2 Å². The van der Waals surface area contributed by atoms with Crippen LogP contribution < -0.4 is 15.0 Å². The van der Waals surface area contributed by atoms with Crippen molar-refractivity contribution in [2.75, 3.05) is 104 Å². The Morgan fingerprint density at radius 3 is 2.67 bits per heavy atom. The fourth-order valence-corrected chi connectivity index (χ4v) is 6.17. The summed E-state index contributed by atoms with van der Waals surface area (Å²) in [7, 11) is 1.72. The quantitative estimate of drug-likeness (QED) is 0.525. The van der Waals surface area contributed by atoms with Crippen LogP contribution in [0.1, 0.15) is 18.4 Å². The van der Waals surface area contributed by atoms with Gasteiger partial charge in [0.05, 0.1) is 26.4 Å². The fraction of sp³-hybridized carbons (Fsp3) is 0.667. The summed E-state index contributed by atoms with van der Waals surface area (Å²) in [4.78, 5) is 35.0. The number of benzene rings is 1. The largest absolute Gasteiger partial charge is 0.489 e. The highest BCUT2D eigenvalue weighted by Gasteiger charge is 2.33. The van der Waals surface area contributed by atoms with E-state index in [1.54, 1.807) is 7.11 Å². The number of rotatable bonds is 6. The van der Waals surface area contributed by atoms with Gasteiger partial charge in [-0.3, -0.25) is 14.5 Å². The van der Waals surface area contributed by atoms with Gasteiger partial charge < -0.3 is 34.2 Å². The molecule has 0 unspecified atom stereocenters. The number of carbonyl (C=O) groups excluding carboxylic acids is 2. The maximum atomic E-state index is 13.2. The lowest BCUT2D eigenvalue weighted by atomic mass is 9.82. The predicted molar refractivity (Wildman–Crippen MR) is 154 cm³/mol. The molecule has 4 aliphatic rings. The third-order valence-corrected chi connectivity index (χ3v) is 8.66. The van der Waals surface area contributed by atoms with E-state index in [0.29, 0.717) is 32.7 Å². The number of amides is 2. The first kappa shape index (κ1) is 28.9. The van der Waals surface area contributed by atoms with Crippen LogP contribution in [0, 0.1) is 11.8 Å². The zero-order chi connectivity index (χ0) is 27.7. The third-order valence-electron chi connectivity index (χ3n) is 8.66. The van der Waals surface area contributed by atoms with Crippen molar-refractivity contribution in [3.05, 3.63) is 35.9 Å². The molecule has 1 aromatic rings. The van der Waals surface area contributed by atoms with Crippen molar-refractivity contribution in [1.82, 2.24) is 20.0 Å². The van der Waals surface area contributed by atoms with Crippen LogP contribution in [0.4, 0.5) is 5.69 Å². The number of ether oxygens (including phenoxy) is 3. The van der Waals surface area contributed by atoms with Gasteiger partial charge in [-0.2, -0.15) is 0 Å². The Hall–Kier alpha value is -2.66. The van der Waals surface area contributed by atoms with E-state index >= 15 is 0 Å². The lowest BCUT2D eigenvalue weighted by Gasteiger charge is -2.39. The van der Waals surface area contributed by atoms with Crippen molar-refractivity contribution in [1.29, 1.82) is 0 Å². The van der Waals surface area contributed by atoms with E-state index in [4.69, 9.17) is 14.2 Å². The molecule has 3 fully saturated rings. The van der Waals surface area contributed by atoms with E-state index in [0.717, 1.165) is 89.1 Å². The molecule has 10 heteroatoms. The molecule has 2 atom stereocenters. The third kappa shape index (κ3) is 7.54. The van der Waals surface area contributed by atoms with Crippen LogP contribution >= 0.6 is 0 Å². The minimum atomic E-state index is 0.112. The topological polar surface area (TPSA) is 86.8 Å². The molecule has 0 saturated carbocycles. The van der Waals surface area contributed by atoms with E-state index in [1.165, 1.54) is 0 Å². The van der Waals surface area contributed by atoms with E-state index in [2.05, 4.69) is 39.4 Å². The molecule has 0 radical (unpaired) electrons. The summed E-state index contributed by atoms with van der Waals surface area (Å²) in [6.07, 6.45) is 5.61. The SMILES string of the molecule is COCCN1CCN(C(=O)C[C@@H]2CCN3C[C@@H]2/C=C/COc2ccc(N4CCOCC4)cc2CNCC3=O)CC1. The number of methoxy groups -OCH3 is 1. The Morgan fingerprint density at radius 1 is 1.05 bits per heavy atom. The number of nitrogens with one attached hydrogen (secondary N) is 1. The lowest BCUT2D eigenvalue weighted by Crippen LogP contribution is -2.51. The number of nitrogens with zero attached hydrogens (tertiary/aromatic N) is 4. The molecular formula is C30H45N5O5. The Kier molecular flexibility index (Phi) is 10.3. The average molecular weight is 556 g/mol. The van der Waals surface area contributed by atoms with Crippen LogP contribution in [0.2, 0.25) is 0 Å². The van der Waals surface area contributed by atoms with E-state index < -0.39 is 0 Å². The van der Waals surface area contributed by atoms with Gasteiger partial charge in [0.15, 0.2) is 0 Å². The number of hydrogen-bond donors (Lipinski definition) is 1. The maximum Gasteiger partial charge on any atom is 0.236 e. The standard InChI is InChI=1S/C30H45N5O5/c1-38-16-12-32-8-10-34(11-9-32)29(36)20-24-6-7-35-23-25(24)3-2-15-40-28-5-4-27(33-13-17-39-18-14-33)19-26(28)21-31-22-30(35)37/h2-5,19,24-25,31H,6-18,20-23H2,1H3/b3-2+/t24-,25-/m0/s1. The monoisotopic (exact) mass is 555 g/mol. The van der Waals surface area contributed by atoms with Crippen molar-refractivity contribution in [3.8, 4) is 5.75 Å². The van der Waals surface area contributed by atoms with E-state index in [9.17, 15) is 9.59 Å². The Balaban J connectivity index is 1.21. The highest BCUT2D eigenvalue weighted by molar-refractivity contribution is 5.79. The molecule has 220 valence electrons. The first-order valence-electron chi connectivity index (χ1n) is 14.8. The second kappa shape index (κ2) is 14.3. The van der Waals surface area contributed by atoms with Crippen LogP contribution in [0.15, 0.2) is 30.4 Å². The van der Waals surface area contributed by atoms with Crippen LogP contribution in [0.5, 0.6) is 5.75 Å². The Morgan fingerprint density at radius 2 is 1.88 bits per heavy atom. The first-order valence-corrected chi connectivity index (χ1v) is 14.8. The lowest BCUT2D eigenvalue weighted by molar-refractivity contribution is -0.136. The van der Waals surface area contributed by atoms with Crippen molar-refractivity contribution < 1.29 is 23.8 Å². The molecule has 0 aromatic heterocycles. The van der Waals surface area contributed by atoms with Crippen LogP contribution in [-0.4, -0.2) is 125 Å². The number of hydrogen-bond acceptors (Lipinski definition) is 8. The molecule has 5 rings (SSSR count). The molecule has 4 aliphatic heterocycles. The summed E-state index contributed by atoms with van der Waals surface area (Å²) in [6.45, 7) is 10.8. The molecule has 2 amide bonds.